The minimum absolute atomic E-state index is 0.167. The van der Waals surface area contributed by atoms with E-state index in [9.17, 15) is 0 Å². The van der Waals surface area contributed by atoms with Crippen LogP contribution in [0.1, 0.15) is 41.7 Å². The van der Waals surface area contributed by atoms with Gasteiger partial charge in [0.05, 0.1) is 0 Å². The van der Waals surface area contributed by atoms with E-state index >= 15 is 0 Å². The van der Waals surface area contributed by atoms with E-state index in [1.165, 1.54) is 30.4 Å². The van der Waals surface area contributed by atoms with Crippen molar-refractivity contribution in [3.8, 4) is 0 Å². The molecule has 0 radical (unpaired) electrons. The van der Waals surface area contributed by atoms with Crippen LogP contribution in [-0.2, 0) is 14.8 Å². The molecule has 0 fully saturated rings. The van der Waals surface area contributed by atoms with E-state index in [0.717, 1.165) is 0 Å². The van der Waals surface area contributed by atoms with Crippen LogP contribution >= 0.6 is 0 Å². The van der Waals surface area contributed by atoms with Crippen LogP contribution in [0, 0.1) is 0 Å². The molecule has 1 nitrogen and oxygen atoms in total. The van der Waals surface area contributed by atoms with Gasteiger partial charge < -0.3 is 0 Å². The predicted molar refractivity (Wildman–Crippen MR) is 107 cm³/mol. The Bertz CT molecular complexity index is 779. The van der Waals surface area contributed by atoms with Crippen molar-refractivity contribution in [2.45, 2.75) is 41.0 Å². The van der Waals surface area contributed by atoms with E-state index in [-0.39, 0.29) is 5.54 Å². The summed E-state index contributed by atoms with van der Waals surface area (Å²) in [5, 5.41) is 5.17. The van der Waals surface area contributed by atoms with Crippen molar-refractivity contribution in [3.63, 3.8) is 0 Å². The zero-order chi connectivity index (χ0) is 17.6. The first-order valence-corrected chi connectivity index (χ1v) is 19.4. The average molecular weight is 372 g/mol. The molecule has 1 atom stereocenters. The normalized spacial score (nSPS) is 19.5. The number of fused-ring (bicyclic) bond motifs is 1. The van der Waals surface area contributed by atoms with E-state index in [2.05, 4.69) is 95.7 Å². The quantitative estimate of drug-likeness (QED) is 0.780. The summed E-state index contributed by atoms with van der Waals surface area (Å²) in [6.07, 6.45) is 2.57. The summed E-state index contributed by atoms with van der Waals surface area (Å²) < 4.78 is 4.70. The molecule has 0 saturated heterocycles. The Morgan fingerprint density at radius 3 is 2.12 bits per heavy atom. The van der Waals surface area contributed by atoms with E-state index in [0.29, 0.717) is 4.22 Å². The Morgan fingerprint density at radius 2 is 1.50 bits per heavy atom. The third-order valence-corrected chi connectivity index (χ3v) is 15.2. The van der Waals surface area contributed by atoms with Crippen LogP contribution in [0.2, 0.25) is 10.5 Å². The molecule has 0 heterocycles. The number of rotatable bonds is 3. The van der Waals surface area contributed by atoms with Gasteiger partial charge >= 0.3 is 151 Å². The summed E-state index contributed by atoms with van der Waals surface area (Å²) in [6.45, 7) is 6.93. The van der Waals surface area contributed by atoms with Crippen molar-refractivity contribution in [1.29, 1.82) is 0 Å². The molecule has 24 heavy (non-hydrogen) atoms. The van der Waals surface area contributed by atoms with Crippen LogP contribution in [0.15, 0.2) is 60.7 Å². The first kappa shape index (κ1) is 17.9. The number of benzene rings is 2. The third kappa shape index (κ3) is 3.53. The Hall–Kier alpha value is -0.929. The Morgan fingerprint density at radius 1 is 0.917 bits per heavy atom. The molecule has 127 valence electrons. The zero-order valence-electron chi connectivity index (χ0n) is 15.9. The van der Waals surface area contributed by atoms with Gasteiger partial charge in [0.25, 0.3) is 0 Å². The van der Waals surface area contributed by atoms with Gasteiger partial charge in [-0.15, -0.1) is 0 Å². The topological polar surface area (TPSA) is 12.0 Å². The molecular formula is C21H30NSiTi. The number of hydrogen-bond acceptors (Lipinski definition) is 1. The zero-order valence-corrected chi connectivity index (χ0v) is 19.4. The summed E-state index contributed by atoms with van der Waals surface area (Å²) in [6, 6.07) is 19.9. The summed E-state index contributed by atoms with van der Waals surface area (Å²) in [4.78, 5) is 0. The van der Waals surface area contributed by atoms with Crippen molar-refractivity contribution in [2.24, 2.45) is 0 Å². The van der Waals surface area contributed by atoms with Gasteiger partial charge in [-0.1, -0.05) is 0 Å². The molecule has 1 N–H and O–H groups in total. The molecule has 0 spiro atoms. The number of hydrogen-bond donors (Lipinski definition) is 1. The van der Waals surface area contributed by atoms with Crippen LogP contribution in [0.3, 0.4) is 0 Å². The maximum atomic E-state index is 4.14. The van der Waals surface area contributed by atoms with Crippen molar-refractivity contribution >= 4 is 13.7 Å². The van der Waals surface area contributed by atoms with Gasteiger partial charge in [0.2, 0.25) is 0 Å². The second kappa shape index (κ2) is 5.81. The average Bonchev–Trinajstić information content (AvgIpc) is 2.86. The van der Waals surface area contributed by atoms with Crippen LogP contribution in [0.4, 0.5) is 0 Å². The van der Waals surface area contributed by atoms with Crippen LogP contribution in [-0.4, -0.2) is 13.6 Å². The summed E-state index contributed by atoms with van der Waals surface area (Å²) >= 11 is -2.79. The summed E-state index contributed by atoms with van der Waals surface area (Å²) in [5.74, 6) is 0. The van der Waals surface area contributed by atoms with Crippen molar-refractivity contribution < 1.29 is 14.8 Å². The van der Waals surface area contributed by atoms with Gasteiger partial charge in [0, 0.05) is 0 Å². The second-order valence-corrected chi connectivity index (χ2v) is 33.9. The fourth-order valence-electron chi connectivity index (χ4n) is 4.48. The van der Waals surface area contributed by atoms with Crippen LogP contribution in [0.25, 0.3) is 5.57 Å². The second-order valence-electron chi connectivity index (χ2n) is 9.65. The van der Waals surface area contributed by atoms with Crippen LogP contribution < -0.4 is 3.80 Å². The molecule has 1 aliphatic carbocycles. The third-order valence-electron chi connectivity index (χ3n) is 4.91. The van der Waals surface area contributed by atoms with E-state index < -0.39 is 14.8 Å². The molecule has 2 aromatic carbocycles. The number of allylic oxidation sites excluding steroid dienone is 1. The van der Waals surface area contributed by atoms with E-state index in [4.69, 9.17) is 0 Å². The van der Waals surface area contributed by atoms with Crippen molar-refractivity contribution in [3.05, 3.63) is 77.4 Å². The SMILES string of the molecule is CC(C)(C)[NH][Ti]([CH3])([CH3])([SiH3])[CH]1C=C(c2ccccc2)c2ccccc21. The molecule has 3 rings (SSSR count). The predicted octanol–water partition coefficient (Wildman–Crippen LogP) is 4.54. The van der Waals surface area contributed by atoms with Gasteiger partial charge in [-0.25, -0.2) is 0 Å². The van der Waals surface area contributed by atoms with E-state index in [1.807, 2.05) is 0 Å². The first-order valence-electron chi connectivity index (χ1n) is 8.94. The monoisotopic (exact) mass is 372 g/mol. The molecule has 3 heteroatoms. The standard InChI is InChI=1S/C15H11.C4H10N.2CH3.H3Si.Ti/c1-2-6-12(7-3-1)15-11-10-13-8-4-5-9-14(13)15;1-4(2,3)5;;;;/h1-11H;5H,1-3H3;3*1H3;/q;-1;;;;+1. The maximum absolute atomic E-state index is 4.14. The van der Waals surface area contributed by atoms with Crippen molar-refractivity contribution in [1.82, 2.24) is 3.80 Å². The summed E-state index contributed by atoms with van der Waals surface area (Å²) in [7, 11) is 1.24. The molecule has 2 aromatic rings. The molecule has 0 aliphatic heterocycles. The molecule has 1 unspecified atom stereocenters. The number of nitrogens with one attached hydrogen (secondary N) is 1. The van der Waals surface area contributed by atoms with Gasteiger partial charge in [0.1, 0.15) is 0 Å². The molecule has 0 aromatic heterocycles. The fourth-order valence-corrected chi connectivity index (χ4v) is 17.2. The van der Waals surface area contributed by atoms with Gasteiger partial charge in [-0.3, -0.25) is 0 Å². The first-order chi connectivity index (χ1) is 11.1. The summed E-state index contributed by atoms with van der Waals surface area (Å²) in [5.41, 5.74) is 5.89. The Balaban J connectivity index is 2.14. The Labute approximate surface area is 150 Å². The minimum atomic E-state index is -2.79. The van der Waals surface area contributed by atoms with Crippen molar-refractivity contribution in [2.75, 3.05) is 0 Å². The molecule has 0 saturated carbocycles. The van der Waals surface area contributed by atoms with Gasteiger partial charge in [0.15, 0.2) is 0 Å². The van der Waals surface area contributed by atoms with Crippen LogP contribution in [0.5, 0.6) is 0 Å². The molecular weight excluding hydrogens is 342 g/mol. The van der Waals surface area contributed by atoms with Gasteiger partial charge in [-0.2, -0.15) is 0 Å². The van der Waals surface area contributed by atoms with Gasteiger partial charge in [-0.05, 0) is 0 Å². The Kier molecular flexibility index (Phi) is 4.33. The molecule has 0 bridgehead atoms. The fraction of sp³-hybridized carbons (Fsp3) is 0.333. The molecule has 0 amide bonds. The molecule has 1 aliphatic rings. The van der Waals surface area contributed by atoms with E-state index in [1.54, 1.807) is 0 Å².